The Morgan fingerprint density at radius 2 is 1.93 bits per heavy atom. The van der Waals surface area contributed by atoms with Crippen molar-refractivity contribution in [3.8, 4) is 5.75 Å². The first-order chi connectivity index (χ1) is 7.17. The number of rotatable bonds is 5. The molecule has 0 saturated carbocycles. The summed E-state index contributed by atoms with van der Waals surface area (Å²) >= 11 is 0. The van der Waals surface area contributed by atoms with Gasteiger partial charge in [-0.25, -0.2) is 0 Å². The van der Waals surface area contributed by atoms with Gasteiger partial charge in [-0.05, 0) is 43.5 Å². The van der Waals surface area contributed by atoms with Crippen LogP contribution in [0.15, 0.2) is 18.2 Å². The third-order valence-corrected chi connectivity index (χ3v) is 2.37. The topological polar surface area (TPSA) is 18.5 Å². The molecule has 0 spiro atoms. The molecule has 0 aliphatic rings. The summed E-state index contributed by atoms with van der Waals surface area (Å²) in [5, 5.41) is 0. The van der Waals surface area contributed by atoms with Crippen LogP contribution in [0, 0.1) is 0 Å². The molecule has 2 heteroatoms. The second kappa shape index (κ2) is 5.76. The van der Waals surface area contributed by atoms with Crippen LogP contribution in [0.3, 0.4) is 0 Å². The molecule has 1 rings (SSSR count). The summed E-state index contributed by atoms with van der Waals surface area (Å²) in [6.07, 6.45) is 1.29. The molecule has 0 bridgehead atoms. The first-order valence-electron chi connectivity index (χ1n) is 5.44. The standard InChI is InChI=1S/C13H20O2/c1-5-11-6-7-13(14-4)8-12(11)9-15-10(2)3/h6-8,10H,5,9H2,1-4H3. The van der Waals surface area contributed by atoms with E-state index in [0.29, 0.717) is 6.61 Å². The molecule has 0 fully saturated rings. The van der Waals surface area contributed by atoms with Gasteiger partial charge in [0.25, 0.3) is 0 Å². The monoisotopic (exact) mass is 208 g/mol. The first-order valence-corrected chi connectivity index (χ1v) is 5.44. The minimum absolute atomic E-state index is 0.265. The van der Waals surface area contributed by atoms with Crippen LogP contribution in [0.4, 0.5) is 0 Å². The Morgan fingerprint density at radius 1 is 1.20 bits per heavy atom. The van der Waals surface area contributed by atoms with E-state index < -0.39 is 0 Å². The molecule has 0 atom stereocenters. The molecule has 0 aliphatic carbocycles. The van der Waals surface area contributed by atoms with Crippen molar-refractivity contribution in [3.05, 3.63) is 29.3 Å². The summed E-state index contributed by atoms with van der Waals surface area (Å²) in [5.74, 6) is 0.898. The van der Waals surface area contributed by atoms with Gasteiger partial charge in [-0.2, -0.15) is 0 Å². The Labute approximate surface area is 92.2 Å². The van der Waals surface area contributed by atoms with Crippen LogP contribution >= 0.6 is 0 Å². The van der Waals surface area contributed by atoms with E-state index in [0.717, 1.165) is 12.2 Å². The quantitative estimate of drug-likeness (QED) is 0.740. The van der Waals surface area contributed by atoms with Gasteiger partial charge in [-0.1, -0.05) is 13.0 Å². The van der Waals surface area contributed by atoms with Crippen molar-refractivity contribution in [1.29, 1.82) is 0 Å². The van der Waals surface area contributed by atoms with E-state index in [1.165, 1.54) is 11.1 Å². The zero-order chi connectivity index (χ0) is 11.3. The predicted octanol–water partition coefficient (Wildman–Crippen LogP) is 3.18. The molecule has 0 radical (unpaired) electrons. The lowest BCUT2D eigenvalue weighted by molar-refractivity contribution is 0.0652. The lowest BCUT2D eigenvalue weighted by atomic mass is 10.1. The molecule has 0 N–H and O–H groups in total. The van der Waals surface area contributed by atoms with Crippen molar-refractivity contribution in [2.24, 2.45) is 0 Å². The van der Waals surface area contributed by atoms with Gasteiger partial charge < -0.3 is 9.47 Å². The highest BCUT2D eigenvalue weighted by atomic mass is 16.5. The largest absolute Gasteiger partial charge is 0.497 e. The highest BCUT2D eigenvalue weighted by Gasteiger charge is 2.04. The maximum Gasteiger partial charge on any atom is 0.119 e. The molecule has 0 unspecified atom stereocenters. The van der Waals surface area contributed by atoms with Gasteiger partial charge in [0.05, 0.1) is 19.8 Å². The van der Waals surface area contributed by atoms with Crippen molar-refractivity contribution in [3.63, 3.8) is 0 Å². The Balaban J connectivity index is 2.81. The molecule has 0 heterocycles. The van der Waals surface area contributed by atoms with Crippen LogP contribution in [0.5, 0.6) is 5.75 Å². The Morgan fingerprint density at radius 3 is 2.47 bits per heavy atom. The molecule has 2 nitrogen and oxygen atoms in total. The molecular formula is C13H20O2. The summed E-state index contributed by atoms with van der Waals surface area (Å²) in [6.45, 7) is 6.91. The van der Waals surface area contributed by atoms with E-state index in [1.807, 2.05) is 19.9 Å². The molecular weight excluding hydrogens is 188 g/mol. The summed E-state index contributed by atoms with van der Waals surface area (Å²) < 4.78 is 10.8. The molecule has 1 aromatic rings. The van der Waals surface area contributed by atoms with Crippen LogP contribution in [0.25, 0.3) is 0 Å². The fourth-order valence-electron chi connectivity index (χ4n) is 1.46. The van der Waals surface area contributed by atoms with Crippen molar-refractivity contribution in [1.82, 2.24) is 0 Å². The lowest BCUT2D eigenvalue weighted by Crippen LogP contribution is -2.04. The van der Waals surface area contributed by atoms with E-state index in [1.54, 1.807) is 7.11 Å². The normalized spacial score (nSPS) is 10.7. The van der Waals surface area contributed by atoms with Crippen LogP contribution in [0.2, 0.25) is 0 Å². The van der Waals surface area contributed by atoms with E-state index in [2.05, 4.69) is 19.1 Å². The van der Waals surface area contributed by atoms with Gasteiger partial charge >= 0.3 is 0 Å². The van der Waals surface area contributed by atoms with Crippen molar-refractivity contribution in [2.45, 2.75) is 39.9 Å². The average molecular weight is 208 g/mol. The van der Waals surface area contributed by atoms with Crippen LogP contribution in [0.1, 0.15) is 31.9 Å². The number of benzene rings is 1. The Bertz CT molecular complexity index is 305. The van der Waals surface area contributed by atoms with Crippen LogP contribution < -0.4 is 4.74 Å². The van der Waals surface area contributed by atoms with Gasteiger partial charge in [0.2, 0.25) is 0 Å². The average Bonchev–Trinajstić information content (AvgIpc) is 2.25. The number of hydrogen-bond donors (Lipinski definition) is 0. The first kappa shape index (κ1) is 12.1. The van der Waals surface area contributed by atoms with Gasteiger partial charge in [0.1, 0.15) is 5.75 Å². The highest BCUT2D eigenvalue weighted by molar-refractivity contribution is 5.35. The minimum atomic E-state index is 0.265. The number of methoxy groups -OCH3 is 1. The predicted molar refractivity (Wildman–Crippen MR) is 62.3 cm³/mol. The third-order valence-electron chi connectivity index (χ3n) is 2.37. The van der Waals surface area contributed by atoms with E-state index in [-0.39, 0.29) is 6.10 Å². The van der Waals surface area contributed by atoms with Gasteiger partial charge in [0, 0.05) is 0 Å². The fourth-order valence-corrected chi connectivity index (χ4v) is 1.46. The third kappa shape index (κ3) is 3.56. The molecule has 84 valence electrons. The fraction of sp³-hybridized carbons (Fsp3) is 0.538. The Hall–Kier alpha value is -1.02. The molecule has 0 saturated heterocycles. The zero-order valence-electron chi connectivity index (χ0n) is 10.0. The summed E-state index contributed by atoms with van der Waals surface area (Å²) in [4.78, 5) is 0. The lowest BCUT2D eigenvalue weighted by Gasteiger charge is -2.12. The van der Waals surface area contributed by atoms with Crippen LogP contribution in [-0.4, -0.2) is 13.2 Å². The van der Waals surface area contributed by atoms with E-state index >= 15 is 0 Å². The zero-order valence-corrected chi connectivity index (χ0v) is 10.0. The van der Waals surface area contributed by atoms with Crippen molar-refractivity contribution < 1.29 is 9.47 Å². The molecule has 0 aliphatic heterocycles. The number of hydrogen-bond acceptors (Lipinski definition) is 2. The SMILES string of the molecule is CCc1ccc(OC)cc1COC(C)C. The minimum Gasteiger partial charge on any atom is -0.497 e. The number of ether oxygens (including phenoxy) is 2. The molecule has 0 amide bonds. The number of aryl methyl sites for hydroxylation is 1. The summed E-state index contributed by atoms with van der Waals surface area (Å²) in [7, 11) is 1.69. The van der Waals surface area contributed by atoms with Gasteiger partial charge in [-0.15, -0.1) is 0 Å². The summed E-state index contributed by atoms with van der Waals surface area (Å²) in [6, 6.07) is 6.16. The maximum absolute atomic E-state index is 5.61. The second-order valence-corrected chi connectivity index (χ2v) is 3.85. The molecule has 0 aromatic heterocycles. The van der Waals surface area contributed by atoms with E-state index in [4.69, 9.17) is 9.47 Å². The van der Waals surface area contributed by atoms with Crippen LogP contribution in [-0.2, 0) is 17.8 Å². The Kier molecular flexibility index (Phi) is 4.63. The van der Waals surface area contributed by atoms with Gasteiger partial charge in [-0.3, -0.25) is 0 Å². The molecule has 15 heavy (non-hydrogen) atoms. The van der Waals surface area contributed by atoms with Crippen molar-refractivity contribution >= 4 is 0 Å². The smallest absolute Gasteiger partial charge is 0.119 e. The van der Waals surface area contributed by atoms with E-state index in [9.17, 15) is 0 Å². The maximum atomic E-state index is 5.61. The van der Waals surface area contributed by atoms with Crippen molar-refractivity contribution in [2.75, 3.05) is 7.11 Å². The second-order valence-electron chi connectivity index (χ2n) is 3.85. The van der Waals surface area contributed by atoms with Gasteiger partial charge in [0.15, 0.2) is 0 Å². The highest BCUT2D eigenvalue weighted by Crippen LogP contribution is 2.19. The summed E-state index contributed by atoms with van der Waals surface area (Å²) in [5.41, 5.74) is 2.56. The molecule has 1 aromatic carbocycles.